The highest BCUT2D eigenvalue weighted by molar-refractivity contribution is 6.10. The molecule has 0 fully saturated rings. The first-order valence-corrected chi connectivity index (χ1v) is 10.8. The Hall–Kier alpha value is -3.61. The van der Waals surface area contributed by atoms with Crippen LogP contribution in [0, 0.1) is 27.7 Å². The molecule has 4 rings (SSSR count). The summed E-state index contributed by atoms with van der Waals surface area (Å²) in [7, 11) is 0. The molecule has 2 amide bonds. The van der Waals surface area contributed by atoms with Gasteiger partial charge in [-0.05, 0) is 81.6 Å². The molecule has 1 aromatic heterocycles. The topological polar surface area (TPSA) is 78.7 Å². The molecular formula is C25H28N4O3. The van der Waals surface area contributed by atoms with Crippen molar-refractivity contribution in [2.75, 3.05) is 16.3 Å². The summed E-state index contributed by atoms with van der Waals surface area (Å²) >= 11 is 0. The maximum absolute atomic E-state index is 13.7. The molecule has 2 aromatic carbocycles. The molecule has 0 bridgehead atoms. The highest BCUT2D eigenvalue weighted by Gasteiger charge is 2.37. The van der Waals surface area contributed by atoms with Crippen LogP contribution in [0.3, 0.4) is 0 Å². The van der Waals surface area contributed by atoms with Crippen LogP contribution < -0.4 is 9.80 Å². The minimum absolute atomic E-state index is 0.152. The molecule has 7 nitrogen and oxygen atoms in total. The van der Waals surface area contributed by atoms with Gasteiger partial charge in [-0.25, -0.2) is 9.48 Å². The fourth-order valence-electron chi connectivity index (χ4n) is 4.36. The summed E-state index contributed by atoms with van der Waals surface area (Å²) in [4.78, 5) is 28.9. The molecule has 0 saturated carbocycles. The van der Waals surface area contributed by atoms with Crippen molar-refractivity contribution in [3.05, 3.63) is 70.5 Å². The standard InChI is InChI=1S/C25H28N4O3/c1-6-20-14-27(22-10-15(2)16(3)11-23(22)28(20)25(31)32)24(30)19-8-7-9-21(13-19)29-18(5)12-17(4)26-29/h7-13,20H,6,14H2,1-5H3,(H,31,32). The summed E-state index contributed by atoms with van der Waals surface area (Å²) < 4.78 is 1.82. The van der Waals surface area contributed by atoms with Crippen LogP contribution in [0.4, 0.5) is 16.2 Å². The SMILES string of the molecule is CCC1CN(C(=O)c2cccc(-n3nc(C)cc3C)c2)c2cc(C)c(C)cc2N1C(=O)O. The minimum atomic E-state index is -1.00. The van der Waals surface area contributed by atoms with E-state index in [1.54, 1.807) is 11.0 Å². The van der Waals surface area contributed by atoms with Crippen molar-refractivity contribution in [3.8, 4) is 5.69 Å². The average molecular weight is 433 g/mol. The lowest BCUT2D eigenvalue weighted by atomic mass is 9.99. The van der Waals surface area contributed by atoms with Crippen LogP contribution in [-0.2, 0) is 0 Å². The normalized spacial score (nSPS) is 15.6. The zero-order chi connectivity index (χ0) is 23.2. The fourth-order valence-corrected chi connectivity index (χ4v) is 4.36. The van der Waals surface area contributed by atoms with E-state index in [-0.39, 0.29) is 11.9 Å². The highest BCUT2D eigenvalue weighted by Crippen LogP contribution is 2.39. The van der Waals surface area contributed by atoms with E-state index in [0.717, 1.165) is 28.2 Å². The molecule has 166 valence electrons. The number of carbonyl (C=O) groups excluding carboxylic acids is 1. The van der Waals surface area contributed by atoms with E-state index >= 15 is 0 Å². The summed E-state index contributed by atoms with van der Waals surface area (Å²) in [5.41, 5.74) is 6.45. The Bertz CT molecular complexity index is 1210. The molecule has 0 aliphatic carbocycles. The van der Waals surface area contributed by atoms with Gasteiger partial charge >= 0.3 is 6.09 Å². The van der Waals surface area contributed by atoms with Gasteiger partial charge < -0.3 is 10.0 Å². The number of rotatable bonds is 3. The van der Waals surface area contributed by atoms with Crippen molar-refractivity contribution >= 4 is 23.4 Å². The maximum Gasteiger partial charge on any atom is 0.412 e. The number of nitrogens with zero attached hydrogens (tertiary/aromatic N) is 4. The predicted molar refractivity (Wildman–Crippen MR) is 125 cm³/mol. The van der Waals surface area contributed by atoms with Gasteiger partial charge in [0.1, 0.15) is 0 Å². The summed E-state index contributed by atoms with van der Waals surface area (Å²) in [5.74, 6) is -0.152. The Morgan fingerprint density at radius 2 is 1.72 bits per heavy atom. The van der Waals surface area contributed by atoms with Crippen LogP contribution >= 0.6 is 0 Å². The molecule has 2 heterocycles. The summed E-state index contributed by atoms with van der Waals surface area (Å²) in [6.45, 7) is 10.1. The molecule has 1 aliphatic rings. The Labute approximate surface area is 187 Å². The lowest BCUT2D eigenvalue weighted by molar-refractivity contribution is 0.0982. The van der Waals surface area contributed by atoms with Crippen molar-refractivity contribution in [2.24, 2.45) is 0 Å². The van der Waals surface area contributed by atoms with Gasteiger partial charge in [0.15, 0.2) is 0 Å². The summed E-state index contributed by atoms with van der Waals surface area (Å²) in [6.07, 6.45) is -0.395. The summed E-state index contributed by atoms with van der Waals surface area (Å²) in [6, 6.07) is 12.9. The third-order valence-corrected chi connectivity index (χ3v) is 6.17. The van der Waals surface area contributed by atoms with Crippen molar-refractivity contribution in [2.45, 2.75) is 47.1 Å². The van der Waals surface area contributed by atoms with Gasteiger partial charge in [0.2, 0.25) is 0 Å². The number of hydrogen-bond acceptors (Lipinski definition) is 3. The van der Waals surface area contributed by atoms with Crippen molar-refractivity contribution < 1.29 is 14.7 Å². The van der Waals surface area contributed by atoms with Gasteiger partial charge in [0.05, 0.1) is 28.8 Å². The first-order chi connectivity index (χ1) is 15.2. The third kappa shape index (κ3) is 3.64. The zero-order valence-electron chi connectivity index (χ0n) is 19.1. The largest absolute Gasteiger partial charge is 0.465 e. The number of carbonyl (C=O) groups is 2. The quantitative estimate of drug-likeness (QED) is 0.630. The Morgan fingerprint density at radius 1 is 1.03 bits per heavy atom. The van der Waals surface area contributed by atoms with Gasteiger partial charge in [0, 0.05) is 17.8 Å². The molecule has 1 aliphatic heterocycles. The Kier molecular flexibility index (Phi) is 5.50. The lowest BCUT2D eigenvalue weighted by Gasteiger charge is -2.41. The fraction of sp³-hybridized carbons (Fsp3) is 0.320. The van der Waals surface area contributed by atoms with Gasteiger partial charge in [-0.1, -0.05) is 13.0 Å². The molecular weight excluding hydrogens is 404 g/mol. The highest BCUT2D eigenvalue weighted by atomic mass is 16.4. The van der Waals surface area contributed by atoms with Crippen molar-refractivity contribution in [1.82, 2.24) is 9.78 Å². The Balaban J connectivity index is 1.80. The molecule has 1 N–H and O–H groups in total. The van der Waals surface area contributed by atoms with E-state index in [1.165, 1.54) is 4.90 Å². The van der Waals surface area contributed by atoms with Gasteiger partial charge in [0.25, 0.3) is 5.91 Å². The maximum atomic E-state index is 13.7. The molecule has 1 atom stereocenters. The number of carboxylic acid groups (broad SMARTS) is 1. The first kappa shape index (κ1) is 21.6. The molecule has 0 radical (unpaired) electrons. The second-order valence-corrected chi connectivity index (χ2v) is 8.44. The van der Waals surface area contributed by atoms with E-state index in [1.807, 2.05) is 75.7 Å². The van der Waals surface area contributed by atoms with Crippen LogP contribution in [0.15, 0.2) is 42.5 Å². The van der Waals surface area contributed by atoms with E-state index in [4.69, 9.17) is 0 Å². The zero-order valence-corrected chi connectivity index (χ0v) is 19.1. The van der Waals surface area contributed by atoms with Crippen LogP contribution in [0.2, 0.25) is 0 Å². The number of aryl methyl sites for hydroxylation is 4. The smallest absolute Gasteiger partial charge is 0.412 e. The first-order valence-electron chi connectivity index (χ1n) is 10.8. The molecule has 7 heteroatoms. The monoisotopic (exact) mass is 432 g/mol. The molecule has 32 heavy (non-hydrogen) atoms. The van der Waals surface area contributed by atoms with E-state index in [2.05, 4.69) is 5.10 Å². The van der Waals surface area contributed by atoms with Crippen LogP contribution in [-0.4, -0.2) is 39.5 Å². The van der Waals surface area contributed by atoms with E-state index in [9.17, 15) is 14.7 Å². The second kappa shape index (κ2) is 8.15. The van der Waals surface area contributed by atoms with Gasteiger partial charge in [-0.15, -0.1) is 0 Å². The van der Waals surface area contributed by atoms with Gasteiger partial charge in [-0.2, -0.15) is 5.10 Å². The minimum Gasteiger partial charge on any atom is -0.465 e. The van der Waals surface area contributed by atoms with Crippen molar-refractivity contribution in [3.63, 3.8) is 0 Å². The molecule has 0 saturated heterocycles. The van der Waals surface area contributed by atoms with E-state index < -0.39 is 6.09 Å². The Morgan fingerprint density at radius 3 is 2.31 bits per heavy atom. The average Bonchev–Trinajstić information content (AvgIpc) is 3.10. The second-order valence-electron chi connectivity index (χ2n) is 8.44. The van der Waals surface area contributed by atoms with Crippen LogP contribution in [0.1, 0.15) is 46.2 Å². The number of fused-ring (bicyclic) bond motifs is 1. The molecule has 0 spiro atoms. The predicted octanol–water partition coefficient (Wildman–Crippen LogP) is 5.03. The van der Waals surface area contributed by atoms with Gasteiger partial charge in [-0.3, -0.25) is 9.69 Å². The molecule has 1 unspecified atom stereocenters. The van der Waals surface area contributed by atoms with Crippen molar-refractivity contribution in [1.29, 1.82) is 0 Å². The number of benzene rings is 2. The molecule has 3 aromatic rings. The lowest BCUT2D eigenvalue weighted by Crippen LogP contribution is -2.52. The number of hydrogen-bond donors (Lipinski definition) is 1. The summed E-state index contributed by atoms with van der Waals surface area (Å²) in [5, 5.41) is 14.4. The van der Waals surface area contributed by atoms with Crippen LogP contribution in [0.25, 0.3) is 5.69 Å². The number of amides is 2. The third-order valence-electron chi connectivity index (χ3n) is 6.17. The number of anilines is 2. The van der Waals surface area contributed by atoms with E-state index in [0.29, 0.717) is 29.9 Å². The number of aromatic nitrogens is 2. The van der Waals surface area contributed by atoms with Crippen LogP contribution in [0.5, 0.6) is 0 Å².